The number of pyridine rings is 1. The van der Waals surface area contributed by atoms with Crippen LogP contribution >= 0.6 is 0 Å². The summed E-state index contributed by atoms with van der Waals surface area (Å²) in [5, 5.41) is 2.54. The summed E-state index contributed by atoms with van der Waals surface area (Å²) in [6.45, 7) is 1.87. The average Bonchev–Trinajstić information content (AvgIpc) is 2.65. The van der Waals surface area contributed by atoms with Gasteiger partial charge in [-0.3, -0.25) is 19.5 Å². The molecule has 122 valence electrons. The number of carbonyl (C=O) groups is 2. The summed E-state index contributed by atoms with van der Waals surface area (Å²) in [6.07, 6.45) is 9.35. The van der Waals surface area contributed by atoms with Gasteiger partial charge in [-0.05, 0) is 36.2 Å². The number of hydrogen-bond donors (Lipinski definition) is 1. The number of aryl methyl sites for hydroxylation is 1. The Morgan fingerprint density at radius 2 is 2.12 bits per heavy atom. The topological polar surface area (TPSA) is 62.3 Å². The fourth-order valence-electron chi connectivity index (χ4n) is 2.33. The van der Waals surface area contributed by atoms with Crippen molar-refractivity contribution >= 4 is 17.5 Å². The highest BCUT2D eigenvalue weighted by molar-refractivity contribution is 6.09. The predicted molar refractivity (Wildman–Crippen MR) is 93.7 cm³/mol. The van der Waals surface area contributed by atoms with Gasteiger partial charge < -0.3 is 5.32 Å². The fourth-order valence-corrected chi connectivity index (χ4v) is 2.33. The maximum Gasteiger partial charge on any atom is 0.259 e. The highest BCUT2D eigenvalue weighted by Gasteiger charge is 2.22. The Kier molecular flexibility index (Phi) is 5.69. The Bertz CT molecular complexity index is 793. The molecule has 1 N–H and O–H groups in total. The smallest absolute Gasteiger partial charge is 0.259 e. The number of carbonyl (C=O) groups excluding carboxylic acids is 2. The summed E-state index contributed by atoms with van der Waals surface area (Å²) < 4.78 is 0. The first-order valence-corrected chi connectivity index (χ1v) is 7.62. The zero-order chi connectivity index (χ0) is 17.5. The van der Waals surface area contributed by atoms with Crippen molar-refractivity contribution in [2.45, 2.75) is 13.3 Å². The number of anilines is 1. The van der Waals surface area contributed by atoms with Gasteiger partial charge in [0.25, 0.3) is 5.91 Å². The second kappa shape index (κ2) is 7.93. The van der Waals surface area contributed by atoms with Crippen molar-refractivity contribution in [1.82, 2.24) is 10.3 Å². The standard InChI is InChI=1S/C19H19N3O2/c1-4-14-7-6-8-16(11-14)22(13-18(23)20-3)19(24)17-9-10-21-12-15(17)5-2/h1,6-12H,5,13H2,2-3H3,(H,20,23). The molecule has 1 heterocycles. The minimum atomic E-state index is -0.262. The van der Waals surface area contributed by atoms with E-state index in [2.05, 4.69) is 16.2 Å². The molecule has 0 saturated heterocycles. The Hall–Kier alpha value is -3.13. The van der Waals surface area contributed by atoms with Gasteiger partial charge in [-0.1, -0.05) is 18.9 Å². The predicted octanol–water partition coefficient (Wildman–Crippen LogP) is 2.02. The molecule has 2 rings (SSSR count). The Balaban J connectivity index is 2.47. The molecule has 0 saturated carbocycles. The lowest BCUT2D eigenvalue weighted by Gasteiger charge is -2.23. The van der Waals surface area contributed by atoms with Gasteiger partial charge in [-0.2, -0.15) is 0 Å². The largest absolute Gasteiger partial charge is 0.358 e. The SMILES string of the molecule is C#Cc1cccc(N(CC(=O)NC)C(=O)c2ccncc2CC)c1. The number of nitrogens with zero attached hydrogens (tertiary/aromatic N) is 2. The van der Waals surface area contributed by atoms with E-state index in [0.29, 0.717) is 23.2 Å². The van der Waals surface area contributed by atoms with Crippen molar-refractivity contribution in [2.75, 3.05) is 18.5 Å². The number of rotatable bonds is 5. The van der Waals surface area contributed by atoms with Crippen LogP contribution in [0.3, 0.4) is 0 Å². The normalized spacial score (nSPS) is 9.88. The van der Waals surface area contributed by atoms with Gasteiger partial charge in [0.15, 0.2) is 0 Å². The number of amides is 2. The molecule has 0 atom stereocenters. The van der Waals surface area contributed by atoms with Gasteiger partial charge in [0.2, 0.25) is 5.91 Å². The van der Waals surface area contributed by atoms with Crippen LogP contribution < -0.4 is 10.2 Å². The number of benzene rings is 1. The molecular formula is C19H19N3O2. The fraction of sp³-hybridized carbons (Fsp3) is 0.211. The molecule has 24 heavy (non-hydrogen) atoms. The molecule has 0 radical (unpaired) electrons. The molecular weight excluding hydrogens is 302 g/mol. The van der Waals surface area contributed by atoms with Crippen LogP contribution in [0.25, 0.3) is 0 Å². The van der Waals surface area contributed by atoms with Crippen molar-refractivity contribution in [3.05, 3.63) is 59.4 Å². The Morgan fingerprint density at radius 3 is 2.79 bits per heavy atom. The molecule has 5 nitrogen and oxygen atoms in total. The molecule has 1 aromatic carbocycles. The van der Waals surface area contributed by atoms with Crippen molar-refractivity contribution in [2.24, 2.45) is 0 Å². The van der Waals surface area contributed by atoms with Crippen LogP contribution in [-0.2, 0) is 11.2 Å². The molecule has 2 amide bonds. The van der Waals surface area contributed by atoms with Crippen LogP contribution in [0.15, 0.2) is 42.7 Å². The van der Waals surface area contributed by atoms with Crippen molar-refractivity contribution in [3.63, 3.8) is 0 Å². The van der Waals surface area contributed by atoms with Crippen molar-refractivity contribution < 1.29 is 9.59 Å². The monoisotopic (exact) mass is 321 g/mol. The quantitative estimate of drug-likeness (QED) is 0.857. The van der Waals surface area contributed by atoms with E-state index >= 15 is 0 Å². The zero-order valence-corrected chi connectivity index (χ0v) is 13.7. The first-order chi connectivity index (χ1) is 11.6. The lowest BCUT2D eigenvalue weighted by Crippen LogP contribution is -2.40. The average molecular weight is 321 g/mol. The van der Waals surface area contributed by atoms with E-state index in [1.807, 2.05) is 6.92 Å². The molecule has 2 aromatic rings. The van der Waals surface area contributed by atoms with Gasteiger partial charge in [0, 0.05) is 36.3 Å². The maximum atomic E-state index is 13.0. The van der Waals surface area contributed by atoms with Gasteiger partial charge >= 0.3 is 0 Å². The summed E-state index contributed by atoms with van der Waals surface area (Å²) in [6, 6.07) is 8.68. The summed E-state index contributed by atoms with van der Waals surface area (Å²) in [5.41, 5.74) is 2.59. The number of hydrogen-bond acceptors (Lipinski definition) is 3. The van der Waals surface area contributed by atoms with E-state index in [9.17, 15) is 9.59 Å². The Morgan fingerprint density at radius 1 is 1.33 bits per heavy atom. The third-order valence-electron chi connectivity index (χ3n) is 3.67. The van der Waals surface area contributed by atoms with Gasteiger partial charge in [-0.25, -0.2) is 0 Å². The minimum absolute atomic E-state index is 0.0885. The highest BCUT2D eigenvalue weighted by atomic mass is 16.2. The van der Waals surface area contributed by atoms with Crippen LogP contribution in [0.4, 0.5) is 5.69 Å². The summed E-state index contributed by atoms with van der Waals surface area (Å²) in [7, 11) is 1.53. The molecule has 0 aliphatic carbocycles. The third-order valence-corrected chi connectivity index (χ3v) is 3.67. The molecule has 0 aliphatic heterocycles. The van der Waals surface area contributed by atoms with E-state index < -0.39 is 0 Å². The van der Waals surface area contributed by atoms with Crippen LogP contribution in [0, 0.1) is 12.3 Å². The minimum Gasteiger partial charge on any atom is -0.358 e. The molecule has 0 fully saturated rings. The zero-order valence-electron chi connectivity index (χ0n) is 13.7. The summed E-state index contributed by atoms with van der Waals surface area (Å²) in [4.78, 5) is 30.4. The van der Waals surface area contributed by atoms with E-state index in [0.717, 1.165) is 5.56 Å². The van der Waals surface area contributed by atoms with E-state index in [1.165, 1.54) is 11.9 Å². The van der Waals surface area contributed by atoms with Crippen LogP contribution in [-0.4, -0.2) is 30.4 Å². The first-order valence-electron chi connectivity index (χ1n) is 7.62. The number of nitrogens with one attached hydrogen (secondary N) is 1. The van der Waals surface area contributed by atoms with Gasteiger partial charge in [0.1, 0.15) is 6.54 Å². The van der Waals surface area contributed by atoms with Crippen LogP contribution in [0.5, 0.6) is 0 Å². The van der Waals surface area contributed by atoms with Crippen molar-refractivity contribution in [3.8, 4) is 12.3 Å². The van der Waals surface area contributed by atoms with E-state index in [-0.39, 0.29) is 18.4 Å². The molecule has 0 aliphatic rings. The first kappa shape index (κ1) is 17.2. The lowest BCUT2D eigenvalue weighted by atomic mass is 10.1. The second-order valence-corrected chi connectivity index (χ2v) is 5.15. The molecule has 0 bridgehead atoms. The highest BCUT2D eigenvalue weighted by Crippen LogP contribution is 2.20. The molecule has 5 heteroatoms. The maximum absolute atomic E-state index is 13.0. The molecule has 0 unspecified atom stereocenters. The summed E-state index contributed by atoms with van der Waals surface area (Å²) in [5.74, 6) is 2.02. The van der Waals surface area contributed by atoms with E-state index in [1.54, 1.807) is 42.7 Å². The lowest BCUT2D eigenvalue weighted by molar-refractivity contribution is -0.119. The van der Waals surface area contributed by atoms with Crippen molar-refractivity contribution in [1.29, 1.82) is 0 Å². The van der Waals surface area contributed by atoms with Crippen LogP contribution in [0.2, 0.25) is 0 Å². The van der Waals surface area contributed by atoms with E-state index in [4.69, 9.17) is 6.42 Å². The van der Waals surface area contributed by atoms with Gasteiger partial charge in [-0.15, -0.1) is 6.42 Å². The number of aromatic nitrogens is 1. The third kappa shape index (κ3) is 3.79. The number of likely N-dealkylation sites (N-methyl/N-ethyl adjacent to an activating group) is 1. The summed E-state index contributed by atoms with van der Waals surface area (Å²) >= 11 is 0. The molecule has 0 spiro atoms. The number of terminal acetylenes is 1. The molecule has 1 aromatic heterocycles. The van der Waals surface area contributed by atoms with Crippen LogP contribution in [0.1, 0.15) is 28.4 Å². The second-order valence-electron chi connectivity index (χ2n) is 5.15. The van der Waals surface area contributed by atoms with Gasteiger partial charge in [0.05, 0.1) is 0 Å². The Labute approximate surface area is 141 Å².